The van der Waals surface area contributed by atoms with Gasteiger partial charge in [0.1, 0.15) is 0 Å². The van der Waals surface area contributed by atoms with E-state index in [-0.39, 0.29) is 5.54 Å². The average molecular weight is 231 g/mol. The Balaban J connectivity index is 2.36. The third kappa shape index (κ3) is 2.46. The average Bonchev–Trinajstić information content (AvgIpc) is 2.80. The highest BCUT2D eigenvalue weighted by Gasteiger charge is 2.35. The van der Waals surface area contributed by atoms with Crippen molar-refractivity contribution in [1.29, 1.82) is 0 Å². The van der Waals surface area contributed by atoms with Crippen LogP contribution in [-0.2, 0) is 21.7 Å². The van der Waals surface area contributed by atoms with Crippen LogP contribution in [-0.4, -0.2) is 13.2 Å². The Bertz CT molecular complexity index is 430. The molecular weight excluding hydrogens is 214 g/mol. The first-order valence-electron chi connectivity index (χ1n) is 5.98. The Morgan fingerprint density at radius 1 is 1.41 bits per heavy atom. The first kappa shape index (κ1) is 12.0. The molecule has 0 bridgehead atoms. The highest BCUT2D eigenvalue weighted by Crippen LogP contribution is 2.42. The second kappa shape index (κ2) is 5.26. The summed E-state index contributed by atoms with van der Waals surface area (Å²) in [5.41, 5.74) is 1.91. The van der Waals surface area contributed by atoms with E-state index < -0.39 is 0 Å². The largest absolute Gasteiger partial charge is 0.380 e. The number of methoxy groups -OCH3 is 1. The molecule has 0 N–H and O–H groups in total. The summed E-state index contributed by atoms with van der Waals surface area (Å²) in [4.78, 5) is 14.7. The van der Waals surface area contributed by atoms with Crippen LogP contribution < -0.4 is 0 Å². The van der Waals surface area contributed by atoms with Crippen LogP contribution in [0.4, 0.5) is 0 Å². The van der Waals surface area contributed by atoms with Crippen LogP contribution in [0.25, 0.3) is 0 Å². The Labute approximate surface area is 102 Å². The van der Waals surface area contributed by atoms with Gasteiger partial charge in [-0.3, -0.25) is 0 Å². The van der Waals surface area contributed by atoms with Crippen molar-refractivity contribution in [2.24, 2.45) is 4.99 Å². The molecule has 0 unspecified atom stereocenters. The number of hydrogen-bond donors (Lipinski definition) is 0. The molecule has 1 aromatic carbocycles. The highest BCUT2D eigenvalue weighted by atomic mass is 16.5. The van der Waals surface area contributed by atoms with Gasteiger partial charge in [0.2, 0.25) is 6.08 Å². The number of hydrogen-bond acceptors (Lipinski definition) is 3. The lowest BCUT2D eigenvalue weighted by Crippen LogP contribution is -2.19. The molecule has 1 saturated carbocycles. The molecule has 1 fully saturated rings. The van der Waals surface area contributed by atoms with Crippen LogP contribution in [0.3, 0.4) is 0 Å². The molecule has 0 aliphatic heterocycles. The molecule has 0 aromatic heterocycles. The molecule has 1 aromatic rings. The van der Waals surface area contributed by atoms with Crippen LogP contribution in [0.15, 0.2) is 29.3 Å². The number of isocyanates is 1. The summed E-state index contributed by atoms with van der Waals surface area (Å²) in [5.74, 6) is 0. The smallest absolute Gasteiger partial charge is 0.235 e. The standard InChI is InChI=1S/C14H17NO2/c1-17-10-12-5-4-6-13(9-12)14(15-11-16)7-2-3-8-14/h4-6,9H,2-3,7-8,10H2,1H3. The fraction of sp³-hybridized carbons (Fsp3) is 0.500. The Morgan fingerprint density at radius 2 is 2.18 bits per heavy atom. The minimum Gasteiger partial charge on any atom is -0.380 e. The summed E-state index contributed by atoms with van der Waals surface area (Å²) in [6.45, 7) is 0.592. The van der Waals surface area contributed by atoms with Crippen LogP contribution >= 0.6 is 0 Å². The van der Waals surface area contributed by atoms with E-state index >= 15 is 0 Å². The summed E-state index contributed by atoms with van der Waals surface area (Å²) in [6.07, 6.45) is 5.88. The predicted molar refractivity (Wildman–Crippen MR) is 65.4 cm³/mol. The number of ether oxygens (including phenoxy) is 1. The van der Waals surface area contributed by atoms with Gasteiger partial charge in [0, 0.05) is 7.11 Å². The number of nitrogens with zero attached hydrogens (tertiary/aromatic N) is 1. The van der Waals surface area contributed by atoms with E-state index in [0.29, 0.717) is 6.61 Å². The van der Waals surface area contributed by atoms with Gasteiger partial charge in [0.25, 0.3) is 0 Å². The van der Waals surface area contributed by atoms with Crippen LogP contribution in [0.2, 0.25) is 0 Å². The van der Waals surface area contributed by atoms with E-state index in [1.54, 1.807) is 13.2 Å². The molecular formula is C14H17NO2. The van der Waals surface area contributed by atoms with E-state index in [0.717, 1.165) is 36.8 Å². The number of benzene rings is 1. The fourth-order valence-electron chi connectivity index (χ4n) is 2.63. The van der Waals surface area contributed by atoms with Gasteiger partial charge < -0.3 is 4.74 Å². The molecule has 0 radical (unpaired) electrons. The second-order valence-electron chi connectivity index (χ2n) is 4.58. The third-order valence-corrected chi connectivity index (χ3v) is 3.47. The van der Waals surface area contributed by atoms with Gasteiger partial charge in [-0.05, 0) is 24.0 Å². The van der Waals surface area contributed by atoms with Gasteiger partial charge in [0.05, 0.1) is 12.1 Å². The van der Waals surface area contributed by atoms with Gasteiger partial charge in [-0.1, -0.05) is 37.1 Å². The van der Waals surface area contributed by atoms with Gasteiger partial charge in [-0.25, -0.2) is 4.79 Å². The Kier molecular flexibility index (Phi) is 3.72. The molecule has 2 rings (SSSR count). The van der Waals surface area contributed by atoms with Gasteiger partial charge in [-0.2, -0.15) is 4.99 Å². The van der Waals surface area contributed by atoms with Crippen molar-refractivity contribution in [3.63, 3.8) is 0 Å². The van der Waals surface area contributed by atoms with Gasteiger partial charge >= 0.3 is 0 Å². The first-order valence-corrected chi connectivity index (χ1v) is 5.98. The quantitative estimate of drug-likeness (QED) is 0.590. The molecule has 90 valence electrons. The number of rotatable bonds is 4. The van der Waals surface area contributed by atoms with E-state index in [4.69, 9.17) is 4.74 Å². The summed E-state index contributed by atoms with van der Waals surface area (Å²) in [7, 11) is 1.68. The van der Waals surface area contributed by atoms with Crippen molar-refractivity contribution in [2.75, 3.05) is 7.11 Å². The Morgan fingerprint density at radius 3 is 2.82 bits per heavy atom. The second-order valence-corrected chi connectivity index (χ2v) is 4.58. The van der Waals surface area contributed by atoms with Crippen molar-refractivity contribution < 1.29 is 9.53 Å². The lowest BCUT2D eigenvalue weighted by Gasteiger charge is -2.23. The van der Waals surface area contributed by atoms with E-state index in [1.165, 1.54) is 0 Å². The van der Waals surface area contributed by atoms with Crippen molar-refractivity contribution in [2.45, 2.75) is 37.8 Å². The molecule has 1 aliphatic carbocycles. The molecule has 3 nitrogen and oxygen atoms in total. The van der Waals surface area contributed by atoms with E-state index in [2.05, 4.69) is 11.1 Å². The van der Waals surface area contributed by atoms with Crippen molar-refractivity contribution in [3.05, 3.63) is 35.4 Å². The highest BCUT2D eigenvalue weighted by molar-refractivity contribution is 5.39. The zero-order valence-electron chi connectivity index (χ0n) is 10.1. The predicted octanol–water partition coefficient (Wildman–Crippen LogP) is 2.94. The number of carbonyl (C=O) groups excluding carboxylic acids is 1. The van der Waals surface area contributed by atoms with E-state index in [1.807, 2.05) is 18.2 Å². The summed E-state index contributed by atoms with van der Waals surface area (Å²) >= 11 is 0. The molecule has 0 amide bonds. The monoisotopic (exact) mass is 231 g/mol. The van der Waals surface area contributed by atoms with Crippen molar-refractivity contribution in [3.8, 4) is 0 Å². The van der Waals surface area contributed by atoms with Crippen LogP contribution in [0.1, 0.15) is 36.8 Å². The lowest BCUT2D eigenvalue weighted by molar-refractivity contribution is 0.184. The normalized spacial score (nSPS) is 17.7. The van der Waals surface area contributed by atoms with Gasteiger partial charge in [0.15, 0.2) is 0 Å². The topological polar surface area (TPSA) is 38.7 Å². The SMILES string of the molecule is COCc1cccc(C2(N=C=O)CCCC2)c1. The maximum absolute atomic E-state index is 10.6. The lowest BCUT2D eigenvalue weighted by atomic mass is 9.88. The van der Waals surface area contributed by atoms with Crippen molar-refractivity contribution >= 4 is 6.08 Å². The fourth-order valence-corrected chi connectivity index (χ4v) is 2.63. The van der Waals surface area contributed by atoms with Crippen molar-refractivity contribution in [1.82, 2.24) is 0 Å². The minimum atomic E-state index is -0.328. The summed E-state index contributed by atoms with van der Waals surface area (Å²) in [6, 6.07) is 8.17. The molecule has 1 aliphatic rings. The zero-order chi connectivity index (χ0) is 12.1. The molecule has 0 spiro atoms. The maximum Gasteiger partial charge on any atom is 0.235 e. The number of aliphatic imine (C=N–C) groups is 1. The molecule has 3 heteroatoms. The zero-order valence-corrected chi connectivity index (χ0v) is 10.1. The van der Waals surface area contributed by atoms with E-state index in [9.17, 15) is 4.79 Å². The molecule has 0 atom stereocenters. The Hall–Kier alpha value is -1.44. The summed E-state index contributed by atoms with van der Waals surface area (Å²) < 4.78 is 5.13. The van der Waals surface area contributed by atoms with Crippen LogP contribution in [0, 0.1) is 0 Å². The van der Waals surface area contributed by atoms with Crippen LogP contribution in [0.5, 0.6) is 0 Å². The third-order valence-electron chi connectivity index (χ3n) is 3.47. The van der Waals surface area contributed by atoms with Gasteiger partial charge in [-0.15, -0.1) is 0 Å². The minimum absolute atomic E-state index is 0.328. The summed E-state index contributed by atoms with van der Waals surface area (Å²) in [5, 5.41) is 0. The molecule has 0 saturated heterocycles. The molecule has 0 heterocycles. The molecule has 17 heavy (non-hydrogen) atoms. The first-order chi connectivity index (χ1) is 8.30. The maximum atomic E-state index is 10.6.